The van der Waals surface area contributed by atoms with E-state index in [1.807, 2.05) is 69.3 Å². The molecular formula is C19H18N6OS. The lowest BCUT2D eigenvalue weighted by Crippen LogP contribution is -2.02. The minimum Gasteiger partial charge on any atom is -0.419 e. The van der Waals surface area contributed by atoms with Gasteiger partial charge in [0.05, 0.1) is 10.9 Å². The average Bonchev–Trinajstić information content (AvgIpc) is 3.32. The van der Waals surface area contributed by atoms with Crippen LogP contribution in [0.4, 0.5) is 0 Å². The first-order valence-corrected chi connectivity index (χ1v) is 9.41. The molecule has 4 rings (SSSR count). The molecule has 0 aliphatic rings. The third-order valence-electron chi connectivity index (χ3n) is 4.12. The number of rotatable bonds is 5. The number of benzene rings is 2. The van der Waals surface area contributed by atoms with E-state index in [1.165, 1.54) is 11.8 Å². The molecular weight excluding hydrogens is 360 g/mol. The molecule has 0 unspecified atom stereocenters. The molecule has 0 saturated heterocycles. The molecule has 136 valence electrons. The first kappa shape index (κ1) is 17.4. The number of aromatic nitrogens is 6. The third kappa shape index (κ3) is 3.61. The third-order valence-corrected chi connectivity index (χ3v) is 5.14. The van der Waals surface area contributed by atoms with E-state index in [2.05, 4.69) is 25.7 Å². The molecule has 0 aliphatic heterocycles. The monoisotopic (exact) mass is 378 g/mol. The van der Waals surface area contributed by atoms with Gasteiger partial charge in [0.15, 0.2) is 0 Å². The van der Waals surface area contributed by atoms with Crippen LogP contribution in [0.2, 0.25) is 0 Å². The van der Waals surface area contributed by atoms with Gasteiger partial charge in [-0.05, 0) is 55.0 Å². The average molecular weight is 378 g/mol. The lowest BCUT2D eigenvalue weighted by atomic mass is 10.1. The van der Waals surface area contributed by atoms with Gasteiger partial charge in [0.2, 0.25) is 16.9 Å². The summed E-state index contributed by atoms with van der Waals surface area (Å²) in [5, 5.41) is 21.1. The summed E-state index contributed by atoms with van der Waals surface area (Å²) in [4.78, 5) is 0. The summed E-state index contributed by atoms with van der Waals surface area (Å²) < 4.78 is 7.61. The Kier molecular flexibility index (Phi) is 4.72. The van der Waals surface area contributed by atoms with Crippen LogP contribution in [0, 0.1) is 13.8 Å². The highest BCUT2D eigenvalue weighted by atomic mass is 32.2. The standard InChI is InChI=1S/C19H18N6OS/c1-12-7-6-9-15(11-12)18-21-20-17(26-18)14(3)27-19-22-23-24-25(19)16-10-5-4-8-13(16)2/h4-11,14H,1-3H3/t14-/m0/s1. The zero-order valence-corrected chi connectivity index (χ0v) is 16.0. The summed E-state index contributed by atoms with van der Waals surface area (Å²) in [6.07, 6.45) is 0. The quantitative estimate of drug-likeness (QED) is 0.482. The predicted molar refractivity (Wildman–Crippen MR) is 103 cm³/mol. The Morgan fingerprint density at radius 1 is 1.00 bits per heavy atom. The Labute approximate surface area is 160 Å². The lowest BCUT2D eigenvalue weighted by Gasteiger charge is -2.09. The van der Waals surface area contributed by atoms with Gasteiger partial charge < -0.3 is 4.42 Å². The Hall–Kier alpha value is -3.00. The zero-order chi connectivity index (χ0) is 18.8. The summed E-state index contributed by atoms with van der Waals surface area (Å²) >= 11 is 1.48. The molecule has 2 aromatic carbocycles. The molecule has 0 aliphatic carbocycles. The molecule has 8 heteroatoms. The molecule has 0 bridgehead atoms. The number of tetrazole rings is 1. The van der Waals surface area contributed by atoms with Gasteiger partial charge in [-0.2, -0.15) is 4.68 Å². The van der Waals surface area contributed by atoms with E-state index in [4.69, 9.17) is 4.42 Å². The van der Waals surface area contributed by atoms with Gasteiger partial charge in [-0.25, -0.2) is 0 Å². The second-order valence-corrected chi connectivity index (χ2v) is 7.54. The van der Waals surface area contributed by atoms with Gasteiger partial charge in [-0.3, -0.25) is 0 Å². The summed E-state index contributed by atoms with van der Waals surface area (Å²) in [6.45, 7) is 6.06. The van der Waals surface area contributed by atoms with Crippen molar-refractivity contribution in [1.82, 2.24) is 30.4 Å². The number of para-hydroxylation sites is 1. The number of nitrogens with zero attached hydrogens (tertiary/aromatic N) is 6. The number of hydrogen-bond acceptors (Lipinski definition) is 7. The fraction of sp³-hybridized carbons (Fsp3) is 0.211. The molecule has 4 aromatic rings. The fourth-order valence-corrected chi connectivity index (χ4v) is 3.54. The second kappa shape index (κ2) is 7.32. The normalized spacial score (nSPS) is 12.3. The van der Waals surface area contributed by atoms with Crippen molar-refractivity contribution in [2.75, 3.05) is 0 Å². The van der Waals surface area contributed by atoms with Gasteiger partial charge in [-0.1, -0.05) is 47.7 Å². The van der Waals surface area contributed by atoms with Crippen molar-refractivity contribution in [1.29, 1.82) is 0 Å². The maximum atomic E-state index is 5.88. The van der Waals surface area contributed by atoms with Gasteiger partial charge in [0.25, 0.3) is 0 Å². The molecule has 7 nitrogen and oxygen atoms in total. The van der Waals surface area contributed by atoms with E-state index >= 15 is 0 Å². The van der Waals surface area contributed by atoms with Crippen molar-refractivity contribution in [3.8, 4) is 17.1 Å². The molecule has 27 heavy (non-hydrogen) atoms. The molecule has 0 amide bonds. The van der Waals surface area contributed by atoms with E-state index < -0.39 is 0 Å². The molecule has 0 spiro atoms. The van der Waals surface area contributed by atoms with Crippen LogP contribution in [0.3, 0.4) is 0 Å². The first-order valence-electron chi connectivity index (χ1n) is 8.53. The van der Waals surface area contributed by atoms with Gasteiger partial charge in [0, 0.05) is 5.56 Å². The van der Waals surface area contributed by atoms with Crippen LogP contribution in [0.5, 0.6) is 0 Å². The van der Waals surface area contributed by atoms with Crippen LogP contribution < -0.4 is 0 Å². The van der Waals surface area contributed by atoms with Gasteiger partial charge in [-0.15, -0.1) is 15.3 Å². The Balaban J connectivity index is 1.57. The van der Waals surface area contributed by atoms with Crippen LogP contribution in [0.25, 0.3) is 17.1 Å². The maximum absolute atomic E-state index is 5.88. The number of hydrogen-bond donors (Lipinski definition) is 0. The zero-order valence-electron chi connectivity index (χ0n) is 15.2. The Morgan fingerprint density at radius 2 is 1.85 bits per heavy atom. The van der Waals surface area contributed by atoms with E-state index in [0.29, 0.717) is 16.9 Å². The minimum absolute atomic E-state index is 0.0928. The summed E-state index contributed by atoms with van der Waals surface area (Å²) in [7, 11) is 0. The molecule has 2 heterocycles. The highest BCUT2D eigenvalue weighted by Gasteiger charge is 2.20. The minimum atomic E-state index is -0.0928. The van der Waals surface area contributed by atoms with Crippen molar-refractivity contribution < 1.29 is 4.42 Å². The highest BCUT2D eigenvalue weighted by molar-refractivity contribution is 7.99. The van der Waals surface area contributed by atoms with E-state index in [9.17, 15) is 0 Å². The molecule has 0 fully saturated rings. The van der Waals surface area contributed by atoms with E-state index in [-0.39, 0.29) is 5.25 Å². The van der Waals surface area contributed by atoms with Gasteiger partial charge >= 0.3 is 0 Å². The van der Waals surface area contributed by atoms with Crippen molar-refractivity contribution in [2.45, 2.75) is 31.2 Å². The molecule has 1 atom stereocenters. The summed E-state index contributed by atoms with van der Waals surface area (Å²) in [5.41, 5.74) is 4.10. The molecule has 0 N–H and O–H groups in total. The van der Waals surface area contributed by atoms with Crippen LogP contribution in [0.1, 0.15) is 29.2 Å². The Morgan fingerprint density at radius 3 is 2.67 bits per heavy atom. The molecule has 2 aromatic heterocycles. The largest absolute Gasteiger partial charge is 0.419 e. The lowest BCUT2D eigenvalue weighted by molar-refractivity contribution is 0.508. The highest BCUT2D eigenvalue weighted by Crippen LogP contribution is 2.34. The van der Waals surface area contributed by atoms with Crippen molar-refractivity contribution in [2.24, 2.45) is 0 Å². The van der Waals surface area contributed by atoms with Crippen LogP contribution in [0.15, 0.2) is 58.1 Å². The number of aryl methyl sites for hydroxylation is 2. The van der Waals surface area contributed by atoms with Crippen molar-refractivity contribution in [3.63, 3.8) is 0 Å². The summed E-state index contributed by atoms with van der Waals surface area (Å²) in [5.74, 6) is 1.05. The maximum Gasteiger partial charge on any atom is 0.247 e. The Bertz CT molecular complexity index is 1070. The SMILES string of the molecule is Cc1cccc(-c2nnc([C@H](C)Sc3nnnn3-c3ccccc3C)o2)c1. The van der Waals surface area contributed by atoms with Crippen molar-refractivity contribution in [3.05, 3.63) is 65.5 Å². The fourth-order valence-electron chi connectivity index (χ4n) is 2.71. The molecule has 0 saturated carbocycles. The number of thioether (sulfide) groups is 1. The predicted octanol–water partition coefficient (Wildman–Crippen LogP) is 4.18. The smallest absolute Gasteiger partial charge is 0.247 e. The topological polar surface area (TPSA) is 82.5 Å². The van der Waals surface area contributed by atoms with E-state index in [0.717, 1.165) is 22.4 Å². The van der Waals surface area contributed by atoms with Gasteiger partial charge in [0.1, 0.15) is 0 Å². The van der Waals surface area contributed by atoms with Crippen LogP contribution in [-0.4, -0.2) is 30.4 Å². The first-order chi connectivity index (χ1) is 13.1. The van der Waals surface area contributed by atoms with E-state index in [1.54, 1.807) is 4.68 Å². The summed E-state index contributed by atoms with van der Waals surface area (Å²) in [6, 6.07) is 16.0. The van der Waals surface area contributed by atoms with Crippen LogP contribution in [-0.2, 0) is 0 Å². The van der Waals surface area contributed by atoms with Crippen LogP contribution >= 0.6 is 11.8 Å². The molecule has 0 radical (unpaired) electrons. The van der Waals surface area contributed by atoms with Crippen molar-refractivity contribution >= 4 is 11.8 Å². The second-order valence-electron chi connectivity index (χ2n) is 6.23.